The summed E-state index contributed by atoms with van der Waals surface area (Å²) in [5.41, 5.74) is 2.07. The number of aryl methyl sites for hydroxylation is 1. The molecule has 2 aromatic carbocycles. The van der Waals surface area contributed by atoms with Gasteiger partial charge in [0, 0.05) is 31.2 Å². The second-order valence-electron chi connectivity index (χ2n) is 7.29. The first kappa shape index (κ1) is 20.5. The maximum atomic E-state index is 12.6. The van der Waals surface area contributed by atoms with Gasteiger partial charge in [0.05, 0.1) is 18.4 Å². The molecule has 0 saturated carbocycles. The molecule has 7 nitrogen and oxygen atoms in total. The third kappa shape index (κ3) is 5.05. The van der Waals surface area contributed by atoms with Crippen LogP contribution in [0.1, 0.15) is 22.0 Å². The zero-order valence-electron chi connectivity index (χ0n) is 16.8. The number of benzene rings is 2. The SMILES string of the molecule is Cc1nc(C(=O)NCC2CN(Cc3ccccc3)CCO2)nn1-c1ccc(Cl)cc1. The number of ether oxygens (including phenoxy) is 1. The van der Waals surface area contributed by atoms with Crippen LogP contribution in [0.4, 0.5) is 0 Å². The Morgan fingerprint density at radius 1 is 1.20 bits per heavy atom. The molecule has 1 aliphatic rings. The van der Waals surface area contributed by atoms with Crippen molar-refractivity contribution < 1.29 is 9.53 Å². The molecule has 4 rings (SSSR count). The number of carbonyl (C=O) groups is 1. The molecule has 1 unspecified atom stereocenters. The minimum atomic E-state index is -0.311. The summed E-state index contributed by atoms with van der Waals surface area (Å²) in [5.74, 6) is 0.458. The highest BCUT2D eigenvalue weighted by Gasteiger charge is 2.22. The van der Waals surface area contributed by atoms with Crippen molar-refractivity contribution in [2.75, 3.05) is 26.2 Å². The van der Waals surface area contributed by atoms with Gasteiger partial charge in [-0.05, 0) is 36.8 Å². The lowest BCUT2D eigenvalue weighted by Gasteiger charge is -2.33. The molecule has 0 radical (unpaired) electrons. The molecule has 1 fully saturated rings. The number of nitrogens with zero attached hydrogens (tertiary/aromatic N) is 4. The summed E-state index contributed by atoms with van der Waals surface area (Å²) in [7, 11) is 0. The van der Waals surface area contributed by atoms with Gasteiger partial charge in [-0.25, -0.2) is 9.67 Å². The fourth-order valence-corrected chi connectivity index (χ4v) is 3.61. The number of nitrogens with one attached hydrogen (secondary N) is 1. The first-order valence-corrected chi connectivity index (χ1v) is 10.3. The van der Waals surface area contributed by atoms with Crippen LogP contribution in [0.5, 0.6) is 0 Å². The lowest BCUT2D eigenvalue weighted by molar-refractivity contribution is -0.0293. The minimum absolute atomic E-state index is 0.0640. The lowest BCUT2D eigenvalue weighted by Crippen LogP contribution is -2.47. The molecular weight excluding hydrogens is 402 g/mol. The molecular formula is C22H24ClN5O2. The zero-order chi connectivity index (χ0) is 20.9. The van der Waals surface area contributed by atoms with Crippen LogP contribution < -0.4 is 5.32 Å². The number of rotatable bonds is 6. The van der Waals surface area contributed by atoms with Crippen LogP contribution in [0.3, 0.4) is 0 Å². The standard InChI is InChI=1S/C22H24ClN5O2/c1-16-25-21(26-28(16)19-9-7-18(23)8-10-19)22(29)24-13-20-15-27(11-12-30-20)14-17-5-3-2-4-6-17/h2-10,20H,11-15H2,1H3,(H,24,29). The van der Waals surface area contributed by atoms with Crippen molar-refractivity contribution in [2.24, 2.45) is 0 Å². The molecule has 0 aliphatic carbocycles. The first-order valence-electron chi connectivity index (χ1n) is 9.94. The molecule has 1 aromatic heterocycles. The van der Waals surface area contributed by atoms with Crippen LogP contribution in [0, 0.1) is 6.92 Å². The summed E-state index contributed by atoms with van der Waals surface area (Å²) >= 11 is 5.94. The molecule has 1 saturated heterocycles. The fraction of sp³-hybridized carbons (Fsp3) is 0.318. The van der Waals surface area contributed by atoms with Gasteiger partial charge >= 0.3 is 0 Å². The van der Waals surface area contributed by atoms with Crippen molar-refractivity contribution >= 4 is 17.5 Å². The molecule has 30 heavy (non-hydrogen) atoms. The van der Waals surface area contributed by atoms with E-state index in [0.717, 1.165) is 25.3 Å². The van der Waals surface area contributed by atoms with E-state index in [1.807, 2.05) is 37.3 Å². The Morgan fingerprint density at radius 3 is 2.73 bits per heavy atom. The average molecular weight is 426 g/mol. The van der Waals surface area contributed by atoms with Gasteiger partial charge in [0.25, 0.3) is 5.91 Å². The zero-order valence-corrected chi connectivity index (χ0v) is 17.5. The Balaban J connectivity index is 1.33. The van der Waals surface area contributed by atoms with Gasteiger partial charge in [-0.15, -0.1) is 5.10 Å². The molecule has 0 spiro atoms. The van der Waals surface area contributed by atoms with Gasteiger partial charge in [0.2, 0.25) is 5.82 Å². The Kier molecular flexibility index (Phi) is 6.42. The summed E-state index contributed by atoms with van der Waals surface area (Å²) < 4.78 is 7.46. The maximum Gasteiger partial charge on any atom is 0.291 e. The third-order valence-corrected chi connectivity index (χ3v) is 5.26. The highest BCUT2D eigenvalue weighted by Crippen LogP contribution is 2.14. The first-order chi connectivity index (χ1) is 14.6. The smallest absolute Gasteiger partial charge is 0.291 e. The predicted octanol–water partition coefficient (Wildman–Crippen LogP) is 2.86. The largest absolute Gasteiger partial charge is 0.374 e. The Bertz CT molecular complexity index is 991. The van der Waals surface area contributed by atoms with E-state index in [0.29, 0.717) is 24.0 Å². The highest BCUT2D eigenvalue weighted by atomic mass is 35.5. The van der Waals surface area contributed by atoms with Crippen LogP contribution in [0.2, 0.25) is 5.02 Å². The number of halogens is 1. The van der Waals surface area contributed by atoms with E-state index in [4.69, 9.17) is 16.3 Å². The summed E-state index contributed by atoms with van der Waals surface area (Å²) in [4.78, 5) is 19.2. The summed E-state index contributed by atoms with van der Waals surface area (Å²) in [5, 5.41) is 7.89. The Morgan fingerprint density at radius 2 is 1.97 bits per heavy atom. The average Bonchev–Trinajstić information content (AvgIpc) is 3.15. The van der Waals surface area contributed by atoms with Crippen molar-refractivity contribution in [3.8, 4) is 5.69 Å². The monoisotopic (exact) mass is 425 g/mol. The lowest BCUT2D eigenvalue weighted by atomic mass is 10.2. The van der Waals surface area contributed by atoms with Gasteiger partial charge in [0.15, 0.2) is 0 Å². The molecule has 1 N–H and O–H groups in total. The summed E-state index contributed by atoms with van der Waals surface area (Å²) in [6.07, 6.45) is -0.0640. The quantitative estimate of drug-likeness (QED) is 0.657. The second kappa shape index (κ2) is 9.38. The minimum Gasteiger partial charge on any atom is -0.374 e. The number of carbonyl (C=O) groups excluding carboxylic acids is 1. The van der Waals surface area contributed by atoms with Crippen LogP contribution in [-0.2, 0) is 11.3 Å². The number of hydrogen-bond acceptors (Lipinski definition) is 5. The third-order valence-electron chi connectivity index (χ3n) is 5.01. The predicted molar refractivity (Wildman–Crippen MR) is 115 cm³/mol. The summed E-state index contributed by atoms with van der Waals surface area (Å²) in [6.45, 7) is 5.39. The van der Waals surface area contributed by atoms with Crippen molar-refractivity contribution in [3.05, 3.63) is 76.8 Å². The van der Waals surface area contributed by atoms with Crippen LogP contribution in [0.15, 0.2) is 54.6 Å². The van der Waals surface area contributed by atoms with E-state index in [1.165, 1.54) is 5.56 Å². The van der Waals surface area contributed by atoms with E-state index >= 15 is 0 Å². The number of aromatic nitrogens is 3. The number of morpholine rings is 1. The molecule has 1 aliphatic heterocycles. The molecule has 1 amide bonds. The fourth-order valence-electron chi connectivity index (χ4n) is 3.49. The van der Waals surface area contributed by atoms with E-state index in [2.05, 4.69) is 32.4 Å². The van der Waals surface area contributed by atoms with Crippen LogP contribution in [0.25, 0.3) is 5.69 Å². The van der Waals surface area contributed by atoms with E-state index in [-0.39, 0.29) is 17.8 Å². The van der Waals surface area contributed by atoms with Crippen molar-refractivity contribution in [1.82, 2.24) is 25.0 Å². The van der Waals surface area contributed by atoms with Crippen molar-refractivity contribution in [3.63, 3.8) is 0 Å². The Labute approximate surface area is 180 Å². The molecule has 2 heterocycles. The molecule has 1 atom stereocenters. The normalized spacial score (nSPS) is 17.1. The maximum absolute atomic E-state index is 12.6. The number of hydrogen-bond donors (Lipinski definition) is 1. The van der Waals surface area contributed by atoms with Crippen LogP contribution in [-0.4, -0.2) is 57.9 Å². The molecule has 156 valence electrons. The van der Waals surface area contributed by atoms with Gasteiger partial charge in [0.1, 0.15) is 5.82 Å². The number of amides is 1. The van der Waals surface area contributed by atoms with Crippen molar-refractivity contribution in [1.29, 1.82) is 0 Å². The van der Waals surface area contributed by atoms with Gasteiger partial charge in [-0.2, -0.15) is 0 Å². The van der Waals surface area contributed by atoms with E-state index in [9.17, 15) is 4.79 Å². The molecule has 8 heteroatoms. The van der Waals surface area contributed by atoms with Gasteiger partial charge in [-0.1, -0.05) is 41.9 Å². The van der Waals surface area contributed by atoms with E-state index in [1.54, 1.807) is 16.8 Å². The molecule has 0 bridgehead atoms. The molecule has 3 aromatic rings. The van der Waals surface area contributed by atoms with Gasteiger partial charge < -0.3 is 10.1 Å². The van der Waals surface area contributed by atoms with Crippen LogP contribution >= 0.6 is 11.6 Å². The topological polar surface area (TPSA) is 72.3 Å². The Hall–Kier alpha value is -2.74. The second-order valence-corrected chi connectivity index (χ2v) is 7.73. The van der Waals surface area contributed by atoms with Crippen molar-refractivity contribution in [2.45, 2.75) is 19.6 Å². The highest BCUT2D eigenvalue weighted by molar-refractivity contribution is 6.30. The van der Waals surface area contributed by atoms with E-state index < -0.39 is 0 Å². The summed E-state index contributed by atoms with van der Waals surface area (Å²) in [6, 6.07) is 17.6. The van der Waals surface area contributed by atoms with Gasteiger partial charge in [-0.3, -0.25) is 9.69 Å².